The van der Waals surface area contributed by atoms with Gasteiger partial charge in [0.1, 0.15) is 0 Å². The smallest absolute Gasteiger partial charge is 0.313 e. The fraction of sp³-hybridized carbons (Fsp3) is 0.100. The second-order valence-corrected chi connectivity index (χ2v) is 5.89. The van der Waals surface area contributed by atoms with E-state index < -0.39 is 11.8 Å². The van der Waals surface area contributed by atoms with Crippen LogP contribution in [0.15, 0.2) is 67.0 Å². The highest BCUT2D eigenvalue weighted by atomic mass is 16.2. The van der Waals surface area contributed by atoms with Gasteiger partial charge in [-0.3, -0.25) is 14.4 Å². The maximum Gasteiger partial charge on any atom is 0.313 e. The Kier molecular flexibility index (Phi) is 5.41. The Morgan fingerprint density at radius 3 is 2.30 bits per heavy atom. The Balaban J connectivity index is 1.57. The van der Waals surface area contributed by atoms with Crippen LogP contribution in [0.2, 0.25) is 0 Å². The van der Waals surface area contributed by atoms with E-state index in [1.165, 1.54) is 0 Å². The molecular formula is C20H18N4O3. The van der Waals surface area contributed by atoms with Crippen LogP contribution in [0.3, 0.4) is 0 Å². The predicted molar refractivity (Wildman–Crippen MR) is 100 cm³/mol. The number of aromatic nitrogens is 2. The normalized spacial score (nSPS) is 10.3. The molecule has 0 spiro atoms. The van der Waals surface area contributed by atoms with Crippen molar-refractivity contribution in [3.05, 3.63) is 83.9 Å². The van der Waals surface area contributed by atoms with E-state index in [0.717, 1.165) is 5.56 Å². The van der Waals surface area contributed by atoms with E-state index in [0.29, 0.717) is 17.1 Å². The predicted octanol–water partition coefficient (Wildman–Crippen LogP) is 1.91. The molecule has 1 heterocycles. The molecule has 0 bridgehead atoms. The van der Waals surface area contributed by atoms with Gasteiger partial charge in [-0.2, -0.15) is 0 Å². The second-order valence-electron chi connectivity index (χ2n) is 5.89. The van der Waals surface area contributed by atoms with Crippen LogP contribution in [0.25, 0.3) is 0 Å². The number of carbonyl (C=O) groups is 3. The molecule has 7 heteroatoms. The van der Waals surface area contributed by atoms with Crippen molar-refractivity contribution >= 4 is 23.3 Å². The minimum Gasteiger partial charge on any atom is -0.344 e. The van der Waals surface area contributed by atoms with E-state index in [1.807, 2.05) is 30.3 Å². The van der Waals surface area contributed by atoms with Gasteiger partial charge in [0.2, 0.25) is 5.78 Å². The van der Waals surface area contributed by atoms with Crippen molar-refractivity contribution in [2.75, 3.05) is 5.32 Å². The molecule has 3 rings (SSSR count). The van der Waals surface area contributed by atoms with E-state index >= 15 is 0 Å². The summed E-state index contributed by atoms with van der Waals surface area (Å²) in [5, 5.41) is 5.06. The molecule has 136 valence electrons. The summed E-state index contributed by atoms with van der Waals surface area (Å²) in [6.07, 6.45) is 3.24. The van der Waals surface area contributed by atoms with Crippen molar-refractivity contribution in [2.45, 2.75) is 6.54 Å². The highest BCUT2D eigenvalue weighted by molar-refractivity contribution is 6.39. The molecule has 2 amide bonds. The zero-order valence-electron chi connectivity index (χ0n) is 14.7. The summed E-state index contributed by atoms with van der Waals surface area (Å²) in [6, 6.07) is 15.6. The summed E-state index contributed by atoms with van der Waals surface area (Å²) >= 11 is 0. The molecule has 0 radical (unpaired) electrons. The molecule has 1 aromatic heterocycles. The zero-order valence-corrected chi connectivity index (χ0v) is 14.7. The summed E-state index contributed by atoms with van der Waals surface area (Å²) in [4.78, 5) is 40.3. The number of aryl methyl sites for hydroxylation is 1. The number of rotatable bonds is 5. The molecule has 0 unspecified atom stereocenters. The topological polar surface area (TPSA) is 93.1 Å². The largest absolute Gasteiger partial charge is 0.344 e. The number of imidazole rings is 1. The van der Waals surface area contributed by atoms with Gasteiger partial charge in [-0.05, 0) is 29.8 Å². The molecule has 7 nitrogen and oxygen atoms in total. The first kappa shape index (κ1) is 18.1. The molecular weight excluding hydrogens is 344 g/mol. The van der Waals surface area contributed by atoms with Gasteiger partial charge in [-0.25, -0.2) is 4.98 Å². The average Bonchev–Trinajstić information content (AvgIpc) is 3.12. The minimum atomic E-state index is -0.769. The van der Waals surface area contributed by atoms with Gasteiger partial charge in [0.05, 0.1) is 0 Å². The number of benzene rings is 2. The van der Waals surface area contributed by atoms with Gasteiger partial charge in [-0.15, -0.1) is 0 Å². The van der Waals surface area contributed by atoms with Gasteiger partial charge >= 0.3 is 11.8 Å². The summed E-state index contributed by atoms with van der Waals surface area (Å²) in [5.74, 6) is -1.39. The Labute approximate surface area is 156 Å². The van der Waals surface area contributed by atoms with Crippen LogP contribution in [0.1, 0.15) is 21.7 Å². The molecule has 2 aromatic carbocycles. The third-order valence-corrected chi connectivity index (χ3v) is 3.93. The number of anilines is 1. The van der Waals surface area contributed by atoms with Gasteiger partial charge in [0.25, 0.3) is 0 Å². The fourth-order valence-corrected chi connectivity index (χ4v) is 2.46. The molecule has 27 heavy (non-hydrogen) atoms. The third kappa shape index (κ3) is 4.46. The van der Waals surface area contributed by atoms with E-state index in [9.17, 15) is 14.4 Å². The Morgan fingerprint density at radius 1 is 0.963 bits per heavy atom. The van der Waals surface area contributed by atoms with Crippen LogP contribution in [0.4, 0.5) is 5.69 Å². The molecule has 0 atom stereocenters. The lowest BCUT2D eigenvalue weighted by Gasteiger charge is -2.07. The highest BCUT2D eigenvalue weighted by Crippen LogP contribution is 2.13. The first-order valence-electron chi connectivity index (χ1n) is 8.30. The maximum absolute atomic E-state index is 12.4. The SMILES string of the molecule is Cn1ccnc1C(=O)c1ccc(NC(=O)C(=O)NCc2ccccc2)cc1. The maximum atomic E-state index is 12.4. The minimum absolute atomic E-state index is 0.221. The van der Waals surface area contributed by atoms with Crippen LogP contribution in [-0.4, -0.2) is 27.1 Å². The van der Waals surface area contributed by atoms with E-state index in [1.54, 1.807) is 48.3 Å². The molecule has 3 aromatic rings. The number of nitrogens with one attached hydrogen (secondary N) is 2. The van der Waals surface area contributed by atoms with Crippen molar-refractivity contribution in [2.24, 2.45) is 7.05 Å². The molecule has 0 aliphatic heterocycles. The molecule has 0 saturated heterocycles. The number of carbonyl (C=O) groups excluding carboxylic acids is 3. The number of hydrogen-bond acceptors (Lipinski definition) is 4. The molecule has 0 aliphatic carbocycles. The average molecular weight is 362 g/mol. The zero-order chi connectivity index (χ0) is 19.2. The lowest BCUT2D eigenvalue weighted by atomic mass is 10.1. The van der Waals surface area contributed by atoms with Crippen LogP contribution < -0.4 is 10.6 Å². The number of hydrogen-bond donors (Lipinski definition) is 2. The van der Waals surface area contributed by atoms with Gasteiger partial charge in [0.15, 0.2) is 5.82 Å². The lowest BCUT2D eigenvalue weighted by Crippen LogP contribution is -2.34. The van der Waals surface area contributed by atoms with Gasteiger partial charge in [-0.1, -0.05) is 30.3 Å². The Bertz CT molecular complexity index is 962. The number of ketones is 1. The summed E-state index contributed by atoms with van der Waals surface area (Å²) in [5.41, 5.74) is 1.76. The van der Waals surface area contributed by atoms with Crippen molar-refractivity contribution in [1.29, 1.82) is 0 Å². The third-order valence-electron chi connectivity index (χ3n) is 3.93. The number of amides is 2. The van der Waals surface area contributed by atoms with Crippen LogP contribution in [0.5, 0.6) is 0 Å². The van der Waals surface area contributed by atoms with E-state index in [2.05, 4.69) is 15.6 Å². The van der Waals surface area contributed by atoms with Crippen LogP contribution >= 0.6 is 0 Å². The van der Waals surface area contributed by atoms with Crippen LogP contribution in [-0.2, 0) is 23.2 Å². The van der Waals surface area contributed by atoms with Crippen molar-refractivity contribution < 1.29 is 14.4 Å². The van der Waals surface area contributed by atoms with Crippen molar-refractivity contribution in [3.8, 4) is 0 Å². The Hall–Kier alpha value is -3.74. The van der Waals surface area contributed by atoms with Gasteiger partial charge in [0, 0.05) is 37.2 Å². The first-order chi connectivity index (χ1) is 13.0. The molecule has 0 saturated carbocycles. The summed E-state index contributed by atoms with van der Waals surface area (Å²) < 4.78 is 1.63. The molecule has 0 fully saturated rings. The molecule has 2 N–H and O–H groups in total. The standard InChI is InChI=1S/C20H18N4O3/c1-24-12-11-21-18(24)17(25)15-7-9-16(10-8-15)23-20(27)19(26)22-13-14-5-3-2-4-6-14/h2-12H,13H2,1H3,(H,22,26)(H,23,27). The second kappa shape index (κ2) is 8.09. The van der Waals surface area contributed by atoms with E-state index in [-0.39, 0.29) is 12.3 Å². The monoisotopic (exact) mass is 362 g/mol. The fourth-order valence-electron chi connectivity index (χ4n) is 2.46. The van der Waals surface area contributed by atoms with Crippen molar-refractivity contribution in [1.82, 2.24) is 14.9 Å². The Morgan fingerprint density at radius 2 is 1.67 bits per heavy atom. The van der Waals surface area contributed by atoms with Gasteiger partial charge < -0.3 is 15.2 Å². The lowest BCUT2D eigenvalue weighted by molar-refractivity contribution is -0.136. The molecule has 0 aliphatic rings. The number of nitrogens with zero attached hydrogens (tertiary/aromatic N) is 2. The quantitative estimate of drug-likeness (QED) is 0.536. The highest BCUT2D eigenvalue weighted by Gasteiger charge is 2.15. The van der Waals surface area contributed by atoms with Crippen LogP contribution in [0, 0.1) is 0 Å². The van der Waals surface area contributed by atoms with Crippen molar-refractivity contribution in [3.63, 3.8) is 0 Å². The first-order valence-corrected chi connectivity index (χ1v) is 8.30. The summed E-state index contributed by atoms with van der Waals surface area (Å²) in [6.45, 7) is 0.268. The summed E-state index contributed by atoms with van der Waals surface area (Å²) in [7, 11) is 1.74. The van der Waals surface area contributed by atoms with E-state index in [4.69, 9.17) is 0 Å².